The molecule has 0 saturated heterocycles. The molecule has 0 spiro atoms. The summed E-state index contributed by atoms with van der Waals surface area (Å²) in [6, 6.07) is 12.1. The summed E-state index contributed by atoms with van der Waals surface area (Å²) in [6.45, 7) is 0.421. The third kappa shape index (κ3) is 6.04. The first-order chi connectivity index (χ1) is 11.4. The fourth-order valence-corrected chi connectivity index (χ4v) is 2.58. The second-order valence-corrected chi connectivity index (χ2v) is 6.36. The Balaban J connectivity index is 1.77. The maximum Gasteiger partial charge on any atom is 0.233 e. The number of rotatable bonds is 6. The second kappa shape index (κ2) is 8.92. The first-order valence-corrected chi connectivity index (χ1v) is 8.33. The van der Waals surface area contributed by atoms with Crippen LogP contribution in [0.5, 0.6) is 0 Å². The molecule has 2 aromatic carbocycles. The highest BCUT2D eigenvalue weighted by molar-refractivity contribution is 6.35. The number of amides is 2. The molecule has 0 fully saturated rings. The van der Waals surface area contributed by atoms with Gasteiger partial charge in [0.1, 0.15) is 6.42 Å². The minimum Gasteiger partial charge on any atom is -0.355 e. The molecule has 0 aliphatic rings. The van der Waals surface area contributed by atoms with Gasteiger partial charge in [-0.2, -0.15) is 0 Å². The molecule has 7 heteroatoms. The Kier molecular flexibility index (Phi) is 6.91. The van der Waals surface area contributed by atoms with Gasteiger partial charge in [-0.25, -0.2) is 0 Å². The van der Waals surface area contributed by atoms with E-state index in [1.165, 1.54) is 6.07 Å². The zero-order valence-corrected chi connectivity index (χ0v) is 14.9. The van der Waals surface area contributed by atoms with Gasteiger partial charge < -0.3 is 10.6 Å². The number of nitrogens with one attached hydrogen (secondary N) is 2. The highest BCUT2D eigenvalue weighted by atomic mass is 35.5. The number of carbonyl (C=O) groups excluding carboxylic acids is 2. The highest BCUT2D eigenvalue weighted by Crippen LogP contribution is 2.25. The van der Waals surface area contributed by atoms with Gasteiger partial charge in [0.05, 0.1) is 10.7 Å². The van der Waals surface area contributed by atoms with E-state index >= 15 is 0 Å². The molecule has 0 radical (unpaired) electrons. The highest BCUT2D eigenvalue weighted by Gasteiger charge is 2.11. The van der Waals surface area contributed by atoms with Crippen LogP contribution < -0.4 is 10.6 Å². The van der Waals surface area contributed by atoms with E-state index in [1.54, 1.807) is 18.2 Å². The molecule has 126 valence electrons. The van der Waals surface area contributed by atoms with Crippen molar-refractivity contribution in [2.45, 2.75) is 12.8 Å². The van der Waals surface area contributed by atoms with Crippen molar-refractivity contribution in [3.63, 3.8) is 0 Å². The SMILES string of the molecule is O=C(CC(=O)Nc1cc(Cl)ccc1Cl)NCCc1cccc(Cl)c1. The molecule has 0 unspecified atom stereocenters. The minimum absolute atomic E-state index is 0.293. The zero-order valence-electron chi connectivity index (χ0n) is 12.6. The van der Waals surface area contributed by atoms with Crippen LogP contribution >= 0.6 is 34.8 Å². The summed E-state index contributed by atoms with van der Waals surface area (Å²) in [5.41, 5.74) is 1.39. The van der Waals surface area contributed by atoms with E-state index in [9.17, 15) is 9.59 Å². The van der Waals surface area contributed by atoms with Crippen LogP contribution in [-0.4, -0.2) is 18.4 Å². The first kappa shape index (κ1) is 18.6. The lowest BCUT2D eigenvalue weighted by Crippen LogP contribution is -2.29. The van der Waals surface area contributed by atoms with Gasteiger partial charge in [-0.15, -0.1) is 0 Å². The van der Waals surface area contributed by atoms with E-state index in [2.05, 4.69) is 10.6 Å². The smallest absolute Gasteiger partial charge is 0.233 e. The Morgan fingerprint density at radius 3 is 2.42 bits per heavy atom. The van der Waals surface area contributed by atoms with Crippen LogP contribution in [0.15, 0.2) is 42.5 Å². The molecule has 0 aliphatic heterocycles. The monoisotopic (exact) mass is 384 g/mol. The Morgan fingerprint density at radius 2 is 1.67 bits per heavy atom. The number of carbonyl (C=O) groups is 2. The Labute approximate surface area is 155 Å². The fraction of sp³-hybridized carbons (Fsp3) is 0.176. The van der Waals surface area contributed by atoms with E-state index in [0.717, 1.165) is 5.56 Å². The standard InChI is InChI=1S/C17H15Cl3N2O2/c18-12-3-1-2-11(8-12)6-7-21-16(23)10-17(24)22-15-9-13(19)4-5-14(15)20/h1-5,8-9H,6-7,10H2,(H,21,23)(H,22,24). The molecule has 2 rings (SSSR count). The van der Waals surface area contributed by atoms with E-state index in [4.69, 9.17) is 34.8 Å². The van der Waals surface area contributed by atoms with Crippen LogP contribution in [0.1, 0.15) is 12.0 Å². The number of benzene rings is 2. The van der Waals surface area contributed by atoms with Crippen molar-refractivity contribution in [2.75, 3.05) is 11.9 Å². The first-order valence-electron chi connectivity index (χ1n) is 7.20. The van der Waals surface area contributed by atoms with Crippen molar-refractivity contribution in [1.82, 2.24) is 5.32 Å². The largest absolute Gasteiger partial charge is 0.355 e. The molecular formula is C17H15Cl3N2O2. The van der Waals surface area contributed by atoms with Crippen molar-refractivity contribution < 1.29 is 9.59 Å². The molecule has 0 heterocycles. The summed E-state index contributed by atoms with van der Waals surface area (Å²) in [5.74, 6) is -0.827. The number of anilines is 1. The third-order valence-electron chi connectivity index (χ3n) is 3.15. The second-order valence-electron chi connectivity index (χ2n) is 5.08. The summed E-state index contributed by atoms with van der Waals surface area (Å²) in [5, 5.41) is 6.71. The Morgan fingerprint density at radius 1 is 0.917 bits per heavy atom. The number of halogens is 3. The molecular weight excluding hydrogens is 371 g/mol. The molecule has 2 amide bonds. The van der Waals surface area contributed by atoms with E-state index in [1.807, 2.05) is 18.2 Å². The fourth-order valence-electron chi connectivity index (χ4n) is 2.03. The van der Waals surface area contributed by atoms with Crippen molar-refractivity contribution >= 4 is 52.3 Å². The molecule has 4 nitrogen and oxygen atoms in total. The quantitative estimate of drug-likeness (QED) is 0.727. The summed E-state index contributed by atoms with van der Waals surface area (Å²) < 4.78 is 0. The lowest BCUT2D eigenvalue weighted by molar-refractivity contribution is -0.126. The molecule has 0 saturated carbocycles. The summed E-state index contributed by atoms with van der Waals surface area (Å²) in [6.07, 6.45) is 0.340. The Hall–Kier alpha value is -1.75. The topological polar surface area (TPSA) is 58.2 Å². The lowest BCUT2D eigenvalue weighted by Gasteiger charge is -2.08. The molecule has 0 bridgehead atoms. The molecule has 0 atom stereocenters. The van der Waals surface area contributed by atoms with Crippen LogP contribution in [0.3, 0.4) is 0 Å². The predicted molar refractivity (Wildman–Crippen MR) is 97.9 cm³/mol. The normalized spacial score (nSPS) is 10.3. The van der Waals surface area contributed by atoms with Gasteiger partial charge in [-0.05, 0) is 42.3 Å². The van der Waals surface area contributed by atoms with Crippen molar-refractivity contribution in [3.8, 4) is 0 Å². The van der Waals surface area contributed by atoms with Gasteiger partial charge in [-0.3, -0.25) is 9.59 Å². The van der Waals surface area contributed by atoms with Gasteiger partial charge >= 0.3 is 0 Å². The number of hydrogen-bond donors (Lipinski definition) is 2. The molecule has 2 N–H and O–H groups in total. The van der Waals surface area contributed by atoms with Crippen LogP contribution in [0.4, 0.5) is 5.69 Å². The van der Waals surface area contributed by atoms with Crippen LogP contribution in [0, 0.1) is 0 Å². The molecule has 24 heavy (non-hydrogen) atoms. The minimum atomic E-state index is -0.459. The van der Waals surface area contributed by atoms with Gasteiger partial charge in [0.15, 0.2) is 0 Å². The summed E-state index contributed by atoms with van der Waals surface area (Å²) in [4.78, 5) is 23.7. The average molecular weight is 386 g/mol. The van der Waals surface area contributed by atoms with Crippen LogP contribution in [-0.2, 0) is 16.0 Å². The zero-order chi connectivity index (χ0) is 17.5. The summed E-state index contributed by atoms with van der Waals surface area (Å²) in [7, 11) is 0. The third-order valence-corrected chi connectivity index (χ3v) is 3.95. The van der Waals surface area contributed by atoms with Gasteiger partial charge in [0.2, 0.25) is 11.8 Å². The Bertz CT molecular complexity index is 750. The van der Waals surface area contributed by atoms with Gasteiger partial charge in [0.25, 0.3) is 0 Å². The number of hydrogen-bond acceptors (Lipinski definition) is 2. The van der Waals surface area contributed by atoms with Crippen molar-refractivity contribution in [3.05, 3.63) is 63.1 Å². The average Bonchev–Trinajstić information content (AvgIpc) is 2.51. The maximum atomic E-state index is 11.9. The van der Waals surface area contributed by atoms with Crippen molar-refractivity contribution in [1.29, 1.82) is 0 Å². The molecule has 0 aliphatic carbocycles. The van der Waals surface area contributed by atoms with E-state index in [0.29, 0.717) is 33.7 Å². The summed E-state index contributed by atoms with van der Waals surface area (Å²) >= 11 is 17.7. The lowest BCUT2D eigenvalue weighted by atomic mass is 10.1. The molecule has 2 aromatic rings. The van der Waals surface area contributed by atoms with E-state index in [-0.39, 0.29) is 12.3 Å². The van der Waals surface area contributed by atoms with Crippen LogP contribution in [0.2, 0.25) is 15.1 Å². The maximum absolute atomic E-state index is 11.9. The van der Waals surface area contributed by atoms with Gasteiger partial charge in [-0.1, -0.05) is 46.9 Å². The van der Waals surface area contributed by atoms with Crippen LogP contribution in [0.25, 0.3) is 0 Å². The van der Waals surface area contributed by atoms with E-state index < -0.39 is 5.91 Å². The van der Waals surface area contributed by atoms with Crippen molar-refractivity contribution in [2.24, 2.45) is 0 Å². The predicted octanol–water partition coefficient (Wildman–Crippen LogP) is 4.33. The molecule has 0 aromatic heterocycles. The van der Waals surface area contributed by atoms with Gasteiger partial charge in [0, 0.05) is 16.6 Å².